The zero-order valence-corrected chi connectivity index (χ0v) is 16.5. The summed E-state index contributed by atoms with van der Waals surface area (Å²) in [6.07, 6.45) is 0. The molecular formula is C20H24N4O2S. The second-order valence-corrected chi connectivity index (χ2v) is 7.17. The molecule has 2 N–H and O–H groups in total. The van der Waals surface area contributed by atoms with Crippen LogP contribution in [0.2, 0.25) is 0 Å². The molecule has 2 aromatic heterocycles. The van der Waals surface area contributed by atoms with Gasteiger partial charge in [0.05, 0.1) is 12.3 Å². The van der Waals surface area contributed by atoms with Gasteiger partial charge in [-0.1, -0.05) is 6.07 Å². The Morgan fingerprint density at radius 2 is 2.04 bits per heavy atom. The number of nitrogens with one attached hydrogen (secondary N) is 2. The number of amides is 2. The van der Waals surface area contributed by atoms with Gasteiger partial charge in [-0.15, -0.1) is 11.3 Å². The number of nitrogens with zero attached hydrogens (tertiary/aromatic N) is 2. The largest absolute Gasteiger partial charge is 0.494 e. The van der Waals surface area contributed by atoms with Crippen molar-refractivity contribution in [2.45, 2.75) is 26.8 Å². The minimum Gasteiger partial charge on any atom is -0.494 e. The molecule has 3 rings (SSSR count). The summed E-state index contributed by atoms with van der Waals surface area (Å²) in [6.45, 7) is 7.00. The average molecular weight is 385 g/mol. The highest BCUT2D eigenvalue weighted by Gasteiger charge is 2.19. The van der Waals surface area contributed by atoms with Gasteiger partial charge in [0.1, 0.15) is 11.8 Å². The van der Waals surface area contributed by atoms with Crippen LogP contribution in [0.25, 0.3) is 0 Å². The summed E-state index contributed by atoms with van der Waals surface area (Å²) in [7, 11) is 0. The lowest BCUT2D eigenvalue weighted by atomic mass is 10.2. The maximum Gasteiger partial charge on any atom is 0.319 e. The highest BCUT2D eigenvalue weighted by Crippen LogP contribution is 2.24. The fourth-order valence-corrected chi connectivity index (χ4v) is 3.73. The standard InChI is InChI=1S/C20H24N4O2S/c1-4-26-17-9-7-16(8-10-17)22-20(25)21-13-18(19-6-5-11-27-19)24-15(3)12-14(2)23-24/h5-12,18H,4,13H2,1-3H3,(H2,21,22,25). The van der Waals surface area contributed by atoms with Crippen molar-refractivity contribution >= 4 is 23.1 Å². The lowest BCUT2D eigenvalue weighted by molar-refractivity contribution is 0.250. The first-order valence-corrected chi connectivity index (χ1v) is 9.78. The van der Waals surface area contributed by atoms with Crippen LogP contribution >= 0.6 is 11.3 Å². The smallest absolute Gasteiger partial charge is 0.319 e. The number of carbonyl (C=O) groups is 1. The molecule has 6 nitrogen and oxygen atoms in total. The summed E-state index contributed by atoms with van der Waals surface area (Å²) in [5.74, 6) is 0.783. The molecule has 0 saturated heterocycles. The van der Waals surface area contributed by atoms with Crippen LogP contribution in [0.4, 0.5) is 10.5 Å². The highest BCUT2D eigenvalue weighted by molar-refractivity contribution is 7.10. The van der Waals surface area contributed by atoms with E-state index < -0.39 is 0 Å². The van der Waals surface area contributed by atoms with E-state index >= 15 is 0 Å². The number of urea groups is 1. The number of aromatic nitrogens is 2. The Labute approximate surface area is 163 Å². The quantitative estimate of drug-likeness (QED) is 0.635. The maximum atomic E-state index is 12.3. The lowest BCUT2D eigenvalue weighted by Crippen LogP contribution is -2.34. The van der Waals surface area contributed by atoms with E-state index in [0.29, 0.717) is 13.2 Å². The van der Waals surface area contributed by atoms with Crippen molar-refractivity contribution in [2.75, 3.05) is 18.5 Å². The van der Waals surface area contributed by atoms with Gasteiger partial charge in [0.2, 0.25) is 0 Å². The molecule has 142 valence electrons. The van der Waals surface area contributed by atoms with Gasteiger partial charge in [0.15, 0.2) is 0 Å². The topological polar surface area (TPSA) is 68.2 Å². The Kier molecular flexibility index (Phi) is 6.13. The van der Waals surface area contributed by atoms with Crippen molar-refractivity contribution in [3.63, 3.8) is 0 Å². The highest BCUT2D eigenvalue weighted by atomic mass is 32.1. The molecule has 1 atom stereocenters. The van der Waals surface area contributed by atoms with E-state index in [1.807, 2.05) is 67.2 Å². The predicted molar refractivity (Wildman–Crippen MR) is 109 cm³/mol. The molecule has 1 unspecified atom stereocenters. The van der Waals surface area contributed by atoms with Gasteiger partial charge in [0.25, 0.3) is 0 Å². The summed E-state index contributed by atoms with van der Waals surface area (Å²) < 4.78 is 7.38. The normalized spacial score (nSPS) is 11.8. The number of carbonyl (C=O) groups excluding carboxylic acids is 1. The van der Waals surface area contributed by atoms with Crippen molar-refractivity contribution in [3.05, 3.63) is 64.1 Å². The SMILES string of the molecule is CCOc1ccc(NC(=O)NCC(c2cccs2)n2nc(C)cc2C)cc1. The van der Waals surface area contributed by atoms with Gasteiger partial charge in [-0.05, 0) is 62.5 Å². The number of aryl methyl sites for hydroxylation is 2. The van der Waals surface area contributed by atoms with Gasteiger partial charge < -0.3 is 15.4 Å². The van der Waals surface area contributed by atoms with E-state index in [2.05, 4.69) is 21.8 Å². The van der Waals surface area contributed by atoms with Crippen molar-refractivity contribution in [1.29, 1.82) is 0 Å². The average Bonchev–Trinajstić information content (AvgIpc) is 3.27. The van der Waals surface area contributed by atoms with Gasteiger partial charge in [-0.2, -0.15) is 5.10 Å². The third-order valence-electron chi connectivity index (χ3n) is 4.09. The molecule has 7 heteroatoms. The Balaban J connectivity index is 1.65. The third kappa shape index (κ3) is 4.89. The molecule has 1 aromatic carbocycles. The van der Waals surface area contributed by atoms with Crippen LogP contribution in [0.1, 0.15) is 29.2 Å². The molecule has 0 spiro atoms. The summed E-state index contributed by atoms with van der Waals surface area (Å²) in [5, 5.41) is 12.4. The maximum absolute atomic E-state index is 12.3. The van der Waals surface area contributed by atoms with Crippen LogP contribution in [0.15, 0.2) is 47.8 Å². The number of ether oxygens (including phenoxy) is 1. The van der Waals surface area contributed by atoms with E-state index in [1.54, 1.807) is 11.3 Å². The molecule has 2 amide bonds. The summed E-state index contributed by atoms with van der Waals surface area (Å²) in [6, 6.07) is 13.2. The van der Waals surface area contributed by atoms with Crippen LogP contribution in [0, 0.1) is 13.8 Å². The summed E-state index contributed by atoms with van der Waals surface area (Å²) >= 11 is 1.66. The van der Waals surface area contributed by atoms with E-state index in [1.165, 1.54) is 0 Å². The minimum absolute atomic E-state index is 0.0372. The van der Waals surface area contributed by atoms with Crippen molar-refractivity contribution < 1.29 is 9.53 Å². The molecule has 0 radical (unpaired) electrons. The van der Waals surface area contributed by atoms with Crippen LogP contribution in [0.5, 0.6) is 5.75 Å². The number of rotatable bonds is 7. The number of thiophene rings is 1. The van der Waals surface area contributed by atoms with Crippen molar-refractivity contribution in [2.24, 2.45) is 0 Å². The fraction of sp³-hybridized carbons (Fsp3) is 0.300. The predicted octanol–water partition coefficient (Wildman–Crippen LogP) is 4.37. The third-order valence-corrected chi connectivity index (χ3v) is 5.06. The van der Waals surface area contributed by atoms with E-state index in [4.69, 9.17) is 4.74 Å². The molecule has 0 saturated carbocycles. The first-order chi connectivity index (χ1) is 13.1. The van der Waals surface area contributed by atoms with Gasteiger partial charge >= 0.3 is 6.03 Å². The molecule has 0 bridgehead atoms. The fourth-order valence-electron chi connectivity index (χ4n) is 2.92. The Bertz CT molecular complexity index is 872. The second-order valence-electron chi connectivity index (χ2n) is 6.20. The number of anilines is 1. The van der Waals surface area contributed by atoms with Gasteiger partial charge in [-0.3, -0.25) is 4.68 Å². The summed E-state index contributed by atoms with van der Waals surface area (Å²) in [4.78, 5) is 13.5. The van der Waals surface area contributed by atoms with Crippen LogP contribution in [0.3, 0.4) is 0 Å². The lowest BCUT2D eigenvalue weighted by Gasteiger charge is -2.19. The van der Waals surface area contributed by atoms with Crippen LogP contribution in [-0.4, -0.2) is 29.0 Å². The molecule has 2 heterocycles. The van der Waals surface area contributed by atoms with E-state index in [-0.39, 0.29) is 12.1 Å². The molecule has 27 heavy (non-hydrogen) atoms. The molecule has 0 fully saturated rings. The molecule has 0 aliphatic heterocycles. The first-order valence-electron chi connectivity index (χ1n) is 8.90. The number of hydrogen-bond donors (Lipinski definition) is 2. The van der Waals surface area contributed by atoms with Gasteiger partial charge in [-0.25, -0.2) is 4.79 Å². The second kappa shape index (κ2) is 8.73. The van der Waals surface area contributed by atoms with Gasteiger partial charge in [0, 0.05) is 22.8 Å². The zero-order valence-electron chi connectivity index (χ0n) is 15.7. The Morgan fingerprint density at radius 1 is 1.26 bits per heavy atom. The van der Waals surface area contributed by atoms with Crippen LogP contribution < -0.4 is 15.4 Å². The number of hydrogen-bond acceptors (Lipinski definition) is 4. The minimum atomic E-state index is -0.248. The Hall–Kier alpha value is -2.80. The monoisotopic (exact) mass is 384 g/mol. The molecule has 3 aromatic rings. The van der Waals surface area contributed by atoms with E-state index in [9.17, 15) is 4.79 Å². The molecule has 0 aliphatic carbocycles. The van der Waals surface area contributed by atoms with E-state index in [0.717, 1.165) is 27.7 Å². The van der Waals surface area contributed by atoms with Crippen molar-refractivity contribution in [1.82, 2.24) is 15.1 Å². The summed E-state index contributed by atoms with van der Waals surface area (Å²) in [5.41, 5.74) is 2.75. The van der Waals surface area contributed by atoms with Crippen molar-refractivity contribution in [3.8, 4) is 5.75 Å². The van der Waals surface area contributed by atoms with Crippen LogP contribution in [-0.2, 0) is 0 Å². The Morgan fingerprint density at radius 3 is 2.63 bits per heavy atom. The molecular weight excluding hydrogens is 360 g/mol. The number of benzene rings is 1. The zero-order chi connectivity index (χ0) is 19.2. The first kappa shape index (κ1) is 19.0. The molecule has 0 aliphatic rings.